The molecule has 0 aliphatic rings. The normalized spacial score (nSPS) is 14.3. The van der Waals surface area contributed by atoms with Crippen molar-refractivity contribution in [3.8, 4) is 0 Å². The van der Waals surface area contributed by atoms with E-state index in [1.54, 1.807) is 0 Å². The van der Waals surface area contributed by atoms with Crippen LogP contribution in [-0.4, -0.2) is 16.3 Å². The molecule has 0 bridgehead atoms. The zero-order chi connectivity index (χ0) is 12.8. The first-order chi connectivity index (χ1) is 8.04. The third kappa shape index (κ3) is 4.72. The molecule has 0 saturated carbocycles. The maximum atomic E-state index is 11.3. The van der Waals surface area contributed by atoms with Gasteiger partial charge in [0.05, 0.1) is 0 Å². The van der Waals surface area contributed by atoms with E-state index in [9.17, 15) is 9.90 Å². The van der Waals surface area contributed by atoms with E-state index in [4.69, 9.17) is 0 Å². The fraction of sp³-hybridized carbons (Fsp3) is 0.462. The lowest BCUT2D eigenvalue weighted by molar-refractivity contribution is -0.137. The van der Waals surface area contributed by atoms with E-state index < -0.39 is 5.97 Å². The number of benzene rings is 1. The average molecular weight is 317 g/mol. The molecule has 17 heavy (non-hydrogen) atoms. The molecule has 0 saturated heterocycles. The van der Waals surface area contributed by atoms with Gasteiger partial charge in [0.15, 0.2) is 0 Å². The smallest absolute Gasteiger partial charge is 0.317 e. The second kappa shape index (κ2) is 7.07. The Kier molecular flexibility index (Phi) is 6.06. The highest BCUT2D eigenvalue weighted by atomic mass is 79.9. The van der Waals surface area contributed by atoms with Gasteiger partial charge in [0.2, 0.25) is 0 Å². The molecule has 1 aromatic rings. The predicted octanol–water partition coefficient (Wildman–Crippen LogP) is 4.43. The molecule has 4 heteroatoms. The van der Waals surface area contributed by atoms with Crippen molar-refractivity contribution < 1.29 is 9.90 Å². The van der Waals surface area contributed by atoms with Crippen molar-refractivity contribution in [3.05, 3.63) is 28.7 Å². The first-order valence-electron chi connectivity index (χ1n) is 5.69. The van der Waals surface area contributed by atoms with Crippen LogP contribution in [0.5, 0.6) is 0 Å². The third-order valence-corrected chi connectivity index (χ3v) is 4.57. The van der Waals surface area contributed by atoms with Crippen molar-refractivity contribution in [1.82, 2.24) is 0 Å². The Bertz CT molecular complexity index is 364. The van der Waals surface area contributed by atoms with Crippen LogP contribution in [-0.2, 0) is 4.79 Å². The molecule has 0 aliphatic heterocycles. The van der Waals surface area contributed by atoms with E-state index >= 15 is 0 Å². The number of carbonyl (C=O) groups is 1. The van der Waals surface area contributed by atoms with E-state index in [0.29, 0.717) is 0 Å². The van der Waals surface area contributed by atoms with Crippen molar-refractivity contribution in [2.75, 3.05) is 0 Å². The second-order valence-electron chi connectivity index (χ2n) is 4.10. The van der Waals surface area contributed by atoms with E-state index in [1.165, 1.54) is 11.8 Å². The van der Waals surface area contributed by atoms with Crippen molar-refractivity contribution in [1.29, 1.82) is 0 Å². The van der Waals surface area contributed by atoms with Gasteiger partial charge >= 0.3 is 5.97 Å². The van der Waals surface area contributed by atoms with Gasteiger partial charge in [-0.2, -0.15) is 0 Å². The molecule has 0 amide bonds. The number of carboxylic acid groups (broad SMARTS) is 1. The van der Waals surface area contributed by atoms with E-state index in [-0.39, 0.29) is 11.2 Å². The van der Waals surface area contributed by atoms with Crippen molar-refractivity contribution in [2.24, 2.45) is 5.92 Å². The van der Waals surface area contributed by atoms with E-state index in [1.807, 2.05) is 31.2 Å². The van der Waals surface area contributed by atoms with Gasteiger partial charge in [0.1, 0.15) is 5.25 Å². The Morgan fingerprint density at radius 3 is 2.47 bits per heavy atom. The lowest BCUT2D eigenvalue weighted by Crippen LogP contribution is -2.24. The van der Waals surface area contributed by atoms with Crippen LogP contribution in [0.15, 0.2) is 33.6 Å². The predicted molar refractivity (Wildman–Crippen MR) is 75.5 cm³/mol. The average Bonchev–Trinajstić information content (AvgIpc) is 2.28. The molecule has 0 aromatic heterocycles. The topological polar surface area (TPSA) is 37.3 Å². The number of carboxylic acids is 1. The van der Waals surface area contributed by atoms with Gasteiger partial charge in [0, 0.05) is 9.37 Å². The number of halogens is 1. The Balaban J connectivity index is 2.73. The van der Waals surface area contributed by atoms with Crippen LogP contribution in [0.1, 0.15) is 26.7 Å². The molecule has 0 heterocycles. The SMILES string of the molecule is CCCC(C)C(Sc1ccc(Br)cc1)C(=O)O. The highest BCUT2D eigenvalue weighted by Gasteiger charge is 2.25. The van der Waals surface area contributed by atoms with Gasteiger partial charge in [-0.15, -0.1) is 11.8 Å². The molecular weight excluding hydrogens is 300 g/mol. The fourth-order valence-corrected chi connectivity index (χ4v) is 3.00. The van der Waals surface area contributed by atoms with Gasteiger partial charge in [-0.05, 0) is 36.6 Å². The number of aliphatic carboxylic acids is 1. The molecule has 0 radical (unpaired) electrons. The zero-order valence-corrected chi connectivity index (χ0v) is 12.4. The largest absolute Gasteiger partial charge is 0.480 e. The summed E-state index contributed by atoms with van der Waals surface area (Å²) in [4.78, 5) is 12.3. The maximum absolute atomic E-state index is 11.3. The van der Waals surface area contributed by atoms with Gasteiger partial charge in [-0.1, -0.05) is 36.2 Å². The van der Waals surface area contributed by atoms with Crippen LogP contribution < -0.4 is 0 Å². The highest BCUT2D eigenvalue weighted by Crippen LogP contribution is 2.31. The lowest BCUT2D eigenvalue weighted by atomic mass is 10.0. The second-order valence-corrected chi connectivity index (χ2v) is 6.23. The molecule has 2 unspecified atom stereocenters. The van der Waals surface area contributed by atoms with Crippen LogP contribution in [0, 0.1) is 5.92 Å². The van der Waals surface area contributed by atoms with Gasteiger partial charge in [0.25, 0.3) is 0 Å². The summed E-state index contributed by atoms with van der Waals surface area (Å²) in [6.07, 6.45) is 1.96. The Labute approximate surface area is 115 Å². The molecule has 1 rings (SSSR count). The number of hydrogen-bond acceptors (Lipinski definition) is 2. The molecule has 0 aliphatic carbocycles. The quantitative estimate of drug-likeness (QED) is 0.789. The first-order valence-corrected chi connectivity index (χ1v) is 7.37. The number of hydrogen-bond donors (Lipinski definition) is 1. The van der Waals surface area contributed by atoms with E-state index in [2.05, 4.69) is 22.9 Å². The van der Waals surface area contributed by atoms with Crippen LogP contribution in [0.25, 0.3) is 0 Å². The first kappa shape index (κ1) is 14.6. The standard InChI is InChI=1S/C13H17BrO2S/c1-3-4-9(2)12(13(15)16)17-11-7-5-10(14)6-8-11/h5-9,12H,3-4H2,1-2H3,(H,15,16). The minimum absolute atomic E-state index is 0.186. The summed E-state index contributed by atoms with van der Waals surface area (Å²) in [6, 6.07) is 7.77. The molecule has 1 N–H and O–H groups in total. The zero-order valence-electron chi connectivity index (χ0n) is 10.0. The van der Waals surface area contributed by atoms with Crippen LogP contribution in [0.4, 0.5) is 0 Å². The molecule has 1 aromatic carbocycles. The third-order valence-electron chi connectivity index (χ3n) is 2.58. The minimum Gasteiger partial charge on any atom is -0.480 e. The monoisotopic (exact) mass is 316 g/mol. The summed E-state index contributed by atoms with van der Waals surface area (Å²) in [5.41, 5.74) is 0. The Morgan fingerprint density at radius 1 is 1.41 bits per heavy atom. The molecule has 94 valence electrons. The highest BCUT2D eigenvalue weighted by molar-refractivity contribution is 9.10. The number of thioether (sulfide) groups is 1. The lowest BCUT2D eigenvalue weighted by Gasteiger charge is -2.19. The molecule has 2 atom stereocenters. The summed E-state index contributed by atoms with van der Waals surface area (Å²) in [5, 5.41) is 8.89. The van der Waals surface area contributed by atoms with Crippen molar-refractivity contribution >= 4 is 33.7 Å². The van der Waals surface area contributed by atoms with Crippen molar-refractivity contribution in [2.45, 2.75) is 36.8 Å². The Hall–Kier alpha value is -0.480. The summed E-state index contributed by atoms with van der Waals surface area (Å²) in [6.45, 7) is 4.09. The summed E-state index contributed by atoms with van der Waals surface area (Å²) in [7, 11) is 0. The molecule has 0 fully saturated rings. The van der Waals surface area contributed by atoms with Crippen LogP contribution in [0.3, 0.4) is 0 Å². The maximum Gasteiger partial charge on any atom is 0.317 e. The van der Waals surface area contributed by atoms with Gasteiger partial charge < -0.3 is 5.11 Å². The molecule has 2 nitrogen and oxygen atoms in total. The molecular formula is C13H17BrO2S. The fourth-order valence-electron chi connectivity index (χ4n) is 1.68. The van der Waals surface area contributed by atoms with Gasteiger partial charge in [-0.25, -0.2) is 0 Å². The minimum atomic E-state index is -0.723. The number of rotatable bonds is 6. The summed E-state index contributed by atoms with van der Waals surface area (Å²) < 4.78 is 1.01. The summed E-state index contributed by atoms with van der Waals surface area (Å²) >= 11 is 4.80. The molecule has 0 spiro atoms. The van der Waals surface area contributed by atoms with Crippen LogP contribution in [0.2, 0.25) is 0 Å². The van der Waals surface area contributed by atoms with Gasteiger partial charge in [-0.3, -0.25) is 4.79 Å². The van der Waals surface area contributed by atoms with Crippen LogP contribution >= 0.6 is 27.7 Å². The Morgan fingerprint density at radius 2 is 2.00 bits per heavy atom. The van der Waals surface area contributed by atoms with Crippen molar-refractivity contribution in [3.63, 3.8) is 0 Å². The summed E-state index contributed by atoms with van der Waals surface area (Å²) in [5.74, 6) is -0.537. The van der Waals surface area contributed by atoms with E-state index in [0.717, 1.165) is 22.2 Å².